The number of hydrogen-bond acceptors (Lipinski definition) is 4. The lowest BCUT2D eigenvalue weighted by Crippen LogP contribution is -2.17. The molecular formula is C15H12BrClO4. The number of halogens is 2. The van der Waals surface area contributed by atoms with E-state index in [0.717, 1.165) is 5.75 Å². The second kappa shape index (κ2) is 7.33. The summed E-state index contributed by atoms with van der Waals surface area (Å²) in [5.41, 5.74) is 0. The van der Waals surface area contributed by atoms with Gasteiger partial charge < -0.3 is 14.2 Å². The molecule has 0 amide bonds. The number of carbonyl (C=O) groups excluding carboxylic acids is 1. The quantitative estimate of drug-likeness (QED) is 0.586. The number of rotatable bonds is 5. The fourth-order valence-electron chi connectivity index (χ4n) is 1.52. The van der Waals surface area contributed by atoms with Gasteiger partial charge in [0, 0.05) is 5.02 Å². The van der Waals surface area contributed by atoms with Crippen molar-refractivity contribution in [1.82, 2.24) is 0 Å². The first-order valence-corrected chi connectivity index (χ1v) is 7.18. The molecule has 4 nitrogen and oxygen atoms in total. The van der Waals surface area contributed by atoms with Crippen molar-refractivity contribution < 1.29 is 19.0 Å². The van der Waals surface area contributed by atoms with Crippen molar-refractivity contribution in [3.8, 4) is 17.2 Å². The van der Waals surface area contributed by atoms with Gasteiger partial charge in [-0.3, -0.25) is 0 Å². The summed E-state index contributed by atoms with van der Waals surface area (Å²) < 4.78 is 16.1. The van der Waals surface area contributed by atoms with Crippen molar-refractivity contribution in [1.29, 1.82) is 0 Å². The van der Waals surface area contributed by atoms with Crippen molar-refractivity contribution >= 4 is 33.5 Å². The first kappa shape index (κ1) is 15.7. The molecule has 0 saturated heterocycles. The van der Waals surface area contributed by atoms with E-state index in [-0.39, 0.29) is 6.61 Å². The Morgan fingerprint density at radius 1 is 1.14 bits per heavy atom. The Morgan fingerprint density at radius 3 is 2.43 bits per heavy atom. The van der Waals surface area contributed by atoms with Crippen LogP contribution in [0.15, 0.2) is 46.9 Å². The Morgan fingerprint density at radius 2 is 1.81 bits per heavy atom. The Labute approximate surface area is 135 Å². The van der Waals surface area contributed by atoms with Crippen LogP contribution in [0, 0.1) is 0 Å². The SMILES string of the molecule is COc1ccc(OCC(=O)Oc2ccc(Cl)cc2Br)cc1. The van der Waals surface area contributed by atoms with Crippen LogP contribution in [0.25, 0.3) is 0 Å². The number of esters is 1. The van der Waals surface area contributed by atoms with Gasteiger partial charge in [-0.15, -0.1) is 0 Å². The Kier molecular flexibility index (Phi) is 5.47. The highest BCUT2D eigenvalue weighted by Crippen LogP contribution is 2.28. The number of hydrogen-bond donors (Lipinski definition) is 0. The average Bonchev–Trinajstić information content (AvgIpc) is 2.48. The summed E-state index contributed by atoms with van der Waals surface area (Å²) in [7, 11) is 1.58. The van der Waals surface area contributed by atoms with E-state index in [1.807, 2.05) is 0 Å². The summed E-state index contributed by atoms with van der Waals surface area (Å²) in [5.74, 6) is 1.16. The molecule has 0 aromatic heterocycles. The van der Waals surface area contributed by atoms with Gasteiger partial charge in [-0.25, -0.2) is 4.79 Å². The molecule has 0 aliphatic carbocycles. The van der Waals surface area contributed by atoms with Gasteiger partial charge in [0.05, 0.1) is 11.6 Å². The van der Waals surface area contributed by atoms with Crippen molar-refractivity contribution in [2.45, 2.75) is 0 Å². The topological polar surface area (TPSA) is 44.8 Å². The zero-order valence-corrected chi connectivity index (χ0v) is 13.5. The molecule has 0 atom stereocenters. The maximum absolute atomic E-state index is 11.7. The molecule has 0 spiro atoms. The van der Waals surface area contributed by atoms with Gasteiger partial charge >= 0.3 is 5.97 Å². The van der Waals surface area contributed by atoms with Crippen molar-refractivity contribution in [3.63, 3.8) is 0 Å². The molecule has 21 heavy (non-hydrogen) atoms. The van der Waals surface area contributed by atoms with E-state index in [0.29, 0.717) is 21.0 Å². The molecule has 0 radical (unpaired) electrons. The second-order valence-electron chi connectivity index (χ2n) is 4.01. The summed E-state index contributed by atoms with van der Waals surface area (Å²) >= 11 is 9.09. The highest BCUT2D eigenvalue weighted by atomic mass is 79.9. The minimum atomic E-state index is -0.506. The molecular weight excluding hydrogens is 360 g/mol. The van der Waals surface area contributed by atoms with Gasteiger partial charge in [0.15, 0.2) is 6.61 Å². The summed E-state index contributed by atoms with van der Waals surface area (Å²) in [4.78, 5) is 11.7. The summed E-state index contributed by atoms with van der Waals surface area (Å²) in [6, 6.07) is 11.8. The van der Waals surface area contributed by atoms with E-state index in [1.54, 1.807) is 49.6 Å². The molecule has 110 valence electrons. The van der Waals surface area contributed by atoms with E-state index < -0.39 is 5.97 Å². The maximum atomic E-state index is 11.7. The molecule has 0 unspecified atom stereocenters. The predicted octanol–water partition coefficient (Wildman–Crippen LogP) is 4.10. The van der Waals surface area contributed by atoms with Gasteiger partial charge in [0.25, 0.3) is 0 Å². The predicted molar refractivity (Wildman–Crippen MR) is 83.3 cm³/mol. The minimum Gasteiger partial charge on any atom is -0.497 e. The van der Waals surface area contributed by atoms with Crippen LogP contribution in [0.1, 0.15) is 0 Å². The van der Waals surface area contributed by atoms with Gasteiger partial charge in [-0.2, -0.15) is 0 Å². The summed E-state index contributed by atoms with van der Waals surface area (Å²) in [6.07, 6.45) is 0. The molecule has 0 N–H and O–H groups in total. The minimum absolute atomic E-state index is 0.193. The zero-order valence-electron chi connectivity index (χ0n) is 11.1. The Bertz CT molecular complexity index is 628. The van der Waals surface area contributed by atoms with Crippen LogP contribution in [-0.2, 0) is 4.79 Å². The molecule has 2 rings (SSSR count). The highest BCUT2D eigenvalue weighted by molar-refractivity contribution is 9.10. The van der Waals surface area contributed by atoms with Crippen LogP contribution in [0.2, 0.25) is 5.02 Å². The third-order valence-electron chi connectivity index (χ3n) is 2.53. The normalized spacial score (nSPS) is 10.0. The summed E-state index contributed by atoms with van der Waals surface area (Å²) in [6.45, 7) is -0.193. The fraction of sp³-hybridized carbons (Fsp3) is 0.133. The molecule has 2 aromatic rings. The third-order valence-corrected chi connectivity index (χ3v) is 3.39. The van der Waals surface area contributed by atoms with Crippen LogP contribution in [0.3, 0.4) is 0 Å². The lowest BCUT2D eigenvalue weighted by molar-refractivity contribution is -0.136. The number of methoxy groups -OCH3 is 1. The van der Waals surface area contributed by atoms with Crippen LogP contribution >= 0.6 is 27.5 Å². The molecule has 0 fully saturated rings. The lowest BCUT2D eigenvalue weighted by Gasteiger charge is -2.08. The van der Waals surface area contributed by atoms with Crippen molar-refractivity contribution in [2.75, 3.05) is 13.7 Å². The fourth-order valence-corrected chi connectivity index (χ4v) is 2.29. The standard InChI is InChI=1S/C15H12BrClO4/c1-19-11-3-5-12(6-4-11)20-9-15(18)21-14-7-2-10(17)8-13(14)16/h2-8H,9H2,1H3. The van der Waals surface area contributed by atoms with E-state index in [2.05, 4.69) is 15.9 Å². The highest BCUT2D eigenvalue weighted by Gasteiger charge is 2.09. The molecule has 0 bridgehead atoms. The number of ether oxygens (including phenoxy) is 3. The van der Waals surface area contributed by atoms with Crippen LogP contribution in [0.5, 0.6) is 17.2 Å². The van der Waals surface area contributed by atoms with Gasteiger partial charge in [-0.1, -0.05) is 11.6 Å². The first-order valence-electron chi connectivity index (χ1n) is 6.01. The smallest absolute Gasteiger partial charge is 0.349 e. The van der Waals surface area contributed by atoms with Gasteiger partial charge in [0.1, 0.15) is 17.2 Å². The number of benzene rings is 2. The lowest BCUT2D eigenvalue weighted by atomic mass is 10.3. The Balaban J connectivity index is 1.89. The van der Waals surface area contributed by atoms with Gasteiger partial charge in [0.2, 0.25) is 0 Å². The molecule has 0 saturated carbocycles. The van der Waals surface area contributed by atoms with E-state index in [1.165, 1.54) is 0 Å². The Hall–Kier alpha value is -1.72. The first-order chi connectivity index (χ1) is 10.1. The molecule has 0 aliphatic heterocycles. The van der Waals surface area contributed by atoms with Crippen LogP contribution in [0.4, 0.5) is 0 Å². The average molecular weight is 372 g/mol. The maximum Gasteiger partial charge on any atom is 0.349 e. The van der Waals surface area contributed by atoms with Crippen molar-refractivity contribution in [3.05, 3.63) is 52.0 Å². The molecule has 6 heteroatoms. The zero-order chi connectivity index (χ0) is 15.2. The molecule has 2 aromatic carbocycles. The van der Waals surface area contributed by atoms with Gasteiger partial charge in [-0.05, 0) is 58.4 Å². The van der Waals surface area contributed by atoms with E-state index >= 15 is 0 Å². The van der Waals surface area contributed by atoms with Crippen LogP contribution in [-0.4, -0.2) is 19.7 Å². The number of carbonyl (C=O) groups is 1. The van der Waals surface area contributed by atoms with Crippen molar-refractivity contribution in [2.24, 2.45) is 0 Å². The summed E-state index contributed by atoms with van der Waals surface area (Å²) in [5, 5.41) is 0.552. The largest absolute Gasteiger partial charge is 0.497 e. The monoisotopic (exact) mass is 370 g/mol. The third kappa shape index (κ3) is 4.65. The van der Waals surface area contributed by atoms with Crippen LogP contribution < -0.4 is 14.2 Å². The molecule has 0 aliphatic rings. The molecule has 0 heterocycles. The van der Waals surface area contributed by atoms with E-state index in [9.17, 15) is 4.79 Å². The van der Waals surface area contributed by atoms with E-state index in [4.69, 9.17) is 25.8 Å². The second-order valence-corrected chi connectivity index (χ2v) is 5.30.